The molecule has 0 aromatic heterocycles. The number of carbonyl (C=O) groups is 1. The lowest BCUT2D eigenvalue weighted by atomic mass is 9.80. The largest absolute Gasteiger partial charge is 0.350 e. The quantitative estimate of drug-likeness (QED) is 0.129. The van der Waals surface area contributed by atoms with Crippen molar-refractivity contribution >= 4 is 35.1 Å². The van der Waals surface area contributed by atoms with Crippen molar-refractivity contribution in [2.75, 3.05) is 17.1 Å². The molecule has 1 aliphatic carbocycles. The Morgan fingerprint density at radius 3 is 2.42 bits per heavy atom. The Hall–Kier alpha value is -3.28. The van der Waals surface area contributed by atoms with Gasteiger partial charge in [0.2, 0.25) is 0 Å². The summed E-state index contributed by atoms with van der Waals surface area (Å²) in [6.07, 6.45) is 2.84. The fourth-order valence-corrected chi connectivity index (χ4v) is 4.89. The molecule has 0 spiro atoms. The van der Waals surface area contributed by atoms with Gasteiger partial charge in [0.15, 0.2) is 17.5 Å². The van der Waals surface area contributed by atoms with Gasteiger partial charge in [0.1, 0.15) is 5.82 Å². The molecule has 0 saturated heterocycles. The number of carbonyl (C=O) groups excluding carboxylic acids is 1. The van der Waals surface area contributed by atoms with Crippen molar-refractivity contribution in [3.05, 3.63) is 88.0 Å². The van der Waals surface area contributed by atoms with Gasteiger partial charge in [-0.05, 0) is 74.1 Å². The fraction of sp³-hybridized carbons (Fsp3) is 0.296. The zero-order chi connectivity index (χ0) is 27.4. The molecule has 3 aromatic rings. The maximum Gasteiger partial charge on any atom is 0.277 e. The predicted molar refractivity (Wildman–Crippen MR) is 141 cm³/mol. The Morgan fingerprint density at radius 2 is 1.76 bits per heavy atom. The van der Waals surface area contributed by atoms with Gasteiger partial charge in [-0.15, -0.1) is 0 Å². The highest BCUT2D eigenvalue weighted by Crippen LogP contribution is 2.34. The van der Waals surface area contributed by atoms with E-state index in [9.17, 15) is 9.18 Å². The number of halogens is 4. The normalized spacial score (nSPS) is 14.1. The molecule has 11 heteroatoms. The average molecular weight is 549 g/mol. The molecule has 3 aromatic carbocycles. The summed E-state index contributed by atoms with van der Waals surface area (Å²) in [5.74, 6) is -4.94. The summed E-state index contributed by atoms with van der Waals surface area (Å²) in [4.78, 5) is 17.3. The van der Waals surface area contributed by atoms with Crippen molar-refractivity contribution in [2.45, 2.75) is 45.1 Å². The van der Waals surface area contributed by atoms with Crippen LogP contribution in [0.1, 0.15) is 53.2 Å². The Bertz CT molecular complexity index is 1350. The van der Waals surface area contributed by atoms with Gasteiger partial charge < -0.3 is 10.0 Å². The van der Waals surface area contributed by atoms with Crippen molar-refractivity contribution in [3.63, 3.8) is 0 Å². The molecule has 1 saturated carbocycles. The average Bonchev–Trinajstić information content (AvgIpc) is 2.86. The fourth-order valence-electron chi connectivity index (χ4n) is 4.13. The van der Waals surface area contributed by atoms with Gasteiger partial charge in [0.05, 0.1) is 29.7 Å². The van der Waals surface area contributed by atoms with Gasteiger partial charge >= 0.3 is 0 Å². The lowest BCUT2D eigenvalue weighted by Crippen LogP contribution is -2.45. The Labute approximate surface area is 222 Å². The summed E-state index contributed by atoms with van der Waals surface area (Å²) in [7, 11) is 1.18. The SMILES string of the molecule is CONC(=O)c1cc(Cc2cccc(NSNC3(C)CCC3)c2F)c(F)c(F)c1Nc1ccc(C)cc1F. The Morgan fingerprint density at radius 1 is 1.00 bits per heavy atom. The number of hydrogen-bond donors (Lipinski definition) is 4. The lowest BCUT2D eigenvalue weighted by molar-refractivity contribution is 0.0538. The van der Waals surface area contributed by atoms with Crippen LogP contribution in [0.3, 0.4) is 0 Å². The molecule has 6 nitrogen and oxygen atoms in total. The second-order valence-electron chi connectivity index (χ2n) is 9.51. The van der Waals surface area contributed by atoms with E-state index in [1.165, 1.54) is 31.4 Å². The number of amides is 1. The highest BCUT2D eigenvalue weighted by Gasteiger charge is 2.31. The van der Waals surface area contributed by atoms with E-state index in [4.69, 9.17) is 0 Å². The molecule has 0 atom stereocenters. The maximum atomic E-state index is 15.3. The van der Waals surface area contributed by atoms with Crippen LogP contribution in [0, 0.1) is 30.2 Å². The van der Waals surface area contributed by atoms with E-state index in [2.05, 4.69) is 32.0 Å². The topological polar surface area (TPSA) is 74.4 Å². The van der Waals surface area contributed by atoms with E-state index in [1.807, 2.05) is 0 Å². The maximum absolute atomic E-state index is 15.3. The number of hydroxylamine groups is 1. The molecule has 38 heavy (non-hydrogen) atoms. The van der Waals surface area contributed by atoms with Crippen molar-refractivity contribution in [3.8, 4) is 0 Å². The van der Waals surface area contributed by atoms with Gasteiger partial charge in [-0.1, -0.05) is 18.2 Å². The molecule has 0 heterocycles. The van der Waals surface area contributed by atoms with Crippen molar-refractivity contribution in [1.29, 1.82) is 0 Å². The highest BCUT2D eigenvalue weighted by atomic mass is 32.2. The predicted octanol–water partition coefficient (Wildman–Crippen LogP) is 6.68. The number of aryl methyl sites for hydroxylation is 1. The minimum Gasteiger partial charge on any atom is -0.350 e. The number of benzene rings is 3. The second-order valence-corrected chi connectivity index (χ2v) is 10.1. The van der Waals surface area contributed by atoms with E-state index in [0.29, 0.717) is 5.56 Å². The van der Waals surface area contributed by atoms with Gasteiger partial charge in [-0.3, -0.25) is 9.63 Å². The zero-order valence-electron chi connectivity index (χ0n) is 21.1. The highest BCUT2D eigenvalue weighted by molar-refractivity contribution is 7.98. The van der Waals surface area contributed by atoms with Gasteiger partial charge in [0.25, 0.3) is 5.91 Å². The Kier molecular flexibility index (Phi) is 8.49. The van der Waals surface area contributed by atoms with Crippen LogP contribution in [0.4, 0.5) is 34.6 Å². The van der Waals surface area contributed by atoms with E-state index in [0.717, 1.165) is 37.5 Å². The van der Waals surface area contributed by atoms with Crippen LogP contribution in [0.15, 0.2) is 42.5 Å². The number of hydrogen-bond acceptors (Lipinski definition) is 6. The van der Waals surface area contributed by atoms with Crippen LogP contribution in [-0.4, -0.2) is 18.6 Å². The summed E-state index contributed by atoms with van der Waals surface area (Å²) in [6, 6.07) is 9.81. The summed E-state index contributed by atoms with van der Waals surface area (Å²) >= 11 is 1.16. The molecular formula is C27H28F4N4O2S. The molecule has 0 aliphatic heterocycles. The summed E-state index contributed by atoms with van der Waals surface area (Å²) in [5, 5.41) is 2.47. The minimum atomic E-state index is -1.41. The molecule has 202 valence electrons. The third-order valence-electron chi connectivity index (χ3n) is 6.48. The van der Waals surface area contributed by atoms with Gasteiger partial charge in [-0.25, -0.2) is 27.8 Å². The summed E-state index contributed by atoms with van der Waals surface area (Å²) in [6.45, 7) is 3.76. The van der Waals surface area contributed by atoms with Crippen molar-refractivity contribution < 1.29 is 27.2 Å². The number of nitrogens with one attached hydrogen (secondary N) is 4. The van der Waals surface area contributed by atoms with Gasteiger partial charge in [0, 0.05) is 24.1 Å². The van der Waals surface area contributed by atoms with Crippen LogP contribution < -0.4 is 20.2 Å². The molecule has 0 bridgehead atoms. The monoisotopic (exact) mass is 548 g/mol. The number of rotatable bonds is 10. The first-order valence-corrected chi connectivity index (χ1v) is 12.8. The first-order chi connectivity index (χ1) is 18.1. The van der Waals surface area contributed by atoms with Crippen LogP contribution in [0.5, 0.6) is 0 Å². The summed E-state index contributed by atoms with van der Waals surface area (Å²) < 4.78 is 66.4. The first kappa shape index (κ1) is 27.7. The molecule has 1 fully saturated rings. The lowest BCUT2D eigenvalue weighted by Gasteiger charge is -2.38. The second kappa shape index (κ2) is 11.6. The molecule has 0 radical (unpaired) electrons. The molecule has 1 aliphatic rings. The van der Waals surface area contributed by atoms with E-state index >= 15 is 13.2 Å². The van der Waals surface area contributed by atoms with Crippen molar-refractivity contribution in [2.24, 2.45) is 0 Å². The van der Waals surface area contributed by atoms with Gasteiger partial charge in [-0.2, -0.15) is 0 Å². The minimum absolute atomic E-state index is 0.0110. The molecule has 4 N–H and O–H groups in total. The van der Waals surface area contributed by atoms with Crippen LogP contribution >= 0.6 is 12.1 Å². The standard InChI is InChI=1S/C27H28F4N4O2S/c1-15-8-9-20(19(28)12-15)32-25-18(26(36)33-37-3)14-17(23(30)24(25)31)13-16-6-4-7-21(22(16)29)34-38-35-27(2)10-5-11-27/h4,6-9,12,14,32,34-35H,5,10-11,13H2,1-3H3,(H,33,36). The Balaban J connectivity index is 1.63. The van der Waals surface area contributed by atoms with Crippen LogP contribution in [-0.2, 0) is 11.3 Å². The molecule has 0 unspecified atom stereocenters. The molecule has 4 rings (SSSR count). The van der Waals surface area contributed by atoms with Crippen LogP contribution in [0.25, 0.3) is 0 Å². The van der Waals surface area contributed by atoms with Crippen LogP contribution in [0.2, 0.25) is 0 Å². The zero-order valence-corrected chi connectivity index (χ0v) is 21.9. The first-order valence-electron chi connectivity index (χ1n) is 12.0. The third kappa shape index (κ3) is 6.06. The van der Waals surface area contributed by atoms with Crippen molar-refractivity contribution in [1.82, 2.24) is 10.2 Å². The van der Waals surface area contributed by atoms with E-state index < -0.39 is 34.9 Å². The summed E-state index contributed by atoms with van der Waals surface area (Å²) in [5.41, 5.74) is 1.60. The number of anilines is 3. The van der Waals surface area contributed by atoms with E-state index in [1.54, 1.807) is 19.1 Å². The van der Waals surface area contributed by atoms with E-state index in [-0.39, 0.29) is 40.0 Å². The smallest absolute Gasteiger partial charge is 0.277 e. The third-order valence-corrected chi connectivity index (χ3v) is 7.40. The molecule has 1 amide bonds. The molecular weight excluding hydrogens is 520 g/mol.